The van der Waals surface area contributed by atoms with Crippen molar-refractivity contribution in [3.05, 3.63) is 0 Å². The average Bonchev–Trinajstić information content (AvgIpc) is 2.46. The predicted octanol–water partition coefficient (Wildman–Crippen LogP) is 1.77. The van der Waals surface area contributed by atoms with Crippen molar-refractivity contribution in [1.82, 2.24) is 4.90 Å². The van der Waals surface area contributed by atoms with Gasteiger partial charge in [-0.15, -0.1) is 0 Å². The summed E-state index contributed by atoms with van der Waals surface area (Å²) in [7, 11) is 0. The molecule has 0 saturated heterocycles. The molecule has 4 heteroatoms. The van der Waals surface area contributed by atoms with E-state index in [1.54, 1.807) is 0 Å². The largest absolute Gasteiger partial charge is 0.368 e. The molecule has 1 unspecified atom stereocenters. The molecule has 19 heavy (non-hydrogen) atoms. The maximum absolute atomic E-state index is 11.3. The van der Waals surface area contributed by atoms with E-state index in [1.807, 2.05) is 0 Å². The predicted molar refractivity (Wildman–Crippen MR) is 77.6 cm³/mol. The number of nitrogens with zero attached hydrogens (tertiary/aromatic N) is 1. The van der Waals surface area contributed by atoms with Crippen LogP contribution in [0, 0.1) is 0 Å². The van der Waals surface area contributed by atoms with Crippen molar-refractivity contribution in [1.29, 1.82) is 0 Å². The Morgan fingerprint density at radius 3 is 1.74 bits per heavy atom. The topological polar surface area (TPSA) is 72.3 Å². The highest BCUT2D eigenvalue weighted by Gasteiger charge is 2.30. The molecule has 0 aliphatic heterocycles. The van der Waals surface area contributed by atoms with Gasteiger partial charge < -0.3 is 11.5 Å². The maximum atomic E-state index is 11.3. The molecule has 2 aliphatic carbocycles. The van der Waals surface area contributed by atoms with Crippen LogP contribution in [0.3, 0.4) is 0 Å². The maximum Gasteiger partial charge on any atom is 0.235 e. The van der Waals surface area contributed by atoms with Gasteiger partial charge in [-0.25, -0.2) is 0 Å². The van der Waals surface area contributed by atoms with Crippen molar-refractivity contribution in [2.75, 3.05) is 6.54 Å². The zero-order valence-electron chi connectivity index (χ0n) is 12.0. The molecule has 0 radical (unpaired) electrons. The van der Waals surface area contributed by atoms with E-state index in [9.17, 15) is 4.79 Å². The minimum atomic E-state index is -0.510. The highest BCUT2D eigenvalue weighted by atomic mass is 16.1. The van der Waals surface area contributed by atoms with Crippen LogP contribution in [-0.4, -0.2) is 35.5 Å². The normalized spacial score (nSPS) is 24.5. The smallest absolute Gasteiger partial charge is 0.235 e. The number of hydrogen-bond donors (Lipinski definition) is 2. The molecular formula is C15H29N3O. The third-order valence-electron chi connectivity index (χ3n) is 4.86. The minimum Gasteiger partial charge on any atom is -0.368 e. The fraction of sp³-hybridized carbons (Fsp3) is 0.933. The van der Waals surface area contributed by atoms with E-state index in [0.717, 1.165) is 0 Å². The van der Waals surface area contributed by atoms with Gasteiger partial charge in [0.15, 0.2) is 0 Å². The number of carbonyl (C=O) groups excluding carboxylic acids is 1. The first-order valence-corrected chi connectivity index (χ1v) is 7.99. The fourth-order valence-electron chi connectivity index (χ4n) is 3.74. The molecule has 2 rings (SSSR count). The zero-order chi connectivity index (χ0) is 13.7. The Hall–Kier alpha value is -0.610. The Morgan fingerprint density at radius 1 is 0.947 bits per heavy atom. The van der Waals surface area contributed by atoms with E-state index < -0.39 is 6.04 Å². The van der Waals surface area contributed by atoms with Gasteiger partial charge in [0.05, 0.1) is 6.04 Å². The van der Waals surface area contributed by atoms with Crippen molar-refractivity contribution < 1.29 is 4.79 Å². The number of primary amides is 1. The van der Waals surface area contributed by atoms with Crippen LogP contribution in [-0.2, 0) is 4.79 Å². The first-order valence-electron chi connectivity index (χ1n) is 7.99. The van der Waals surface area contributed by atoms with Crippen LogP contribution in [0.4, 0.5) is 0 Å². The SMILES string of the molecule is NC(=O)C(N)CN(C1CCCCC1)C1CCCCC1. The second-order valence-electron chi connectivity index (χ2n) is 6.29. The van der Waals surface area contributed by atoms with Crippen LogP contribution < -0.4 is 11.5 Å². The lowest BCUT2D eigenvalue weighted by Gasteiger charge is -2.42. The van der Waals surface area contributed by atoms with Gasteiger partial charge in [-0.05, 0) is 25.7 Å². The Bertz CT molecular complexity index is 265. The summed E-state index contributed by atoms with van der Waals surface area (Å²) in [5, 5.41) is 0. The third kappa shape index (κ3) is 4.18. The molecule has 0 aromatic rings. The van der Waals surface area contributed by atoms with Crippen LogP contribution in [0.5, 0.6) is 0 Å². The van der Waals surface area contributed by atoms with Gasteiger partial charge in [-0.3, -0.25) is 9.69 Å². The first-order chi connectivity index (χ1) is 9.18. The number of hydrogen-bond acceptors (Lipinski definition) is 3. The summed E-state index contributed by atoms with van der Waals surface area (Å²) >= 11 is 0. The molecule has 2 aliphatic rings. The van der Waals surface area contributed by atoms with Crippen molar-refractivity contribution in [2.24, 2.45) is 11.5 Å². The Labute approximate surface area is 116 Å². The van der Waals surface area contributed by atoms with Crippen molar-refractivity contribution >= 4 is 5.91 Å². The molecule has 0 heterocycles. The lowest BCUT2D eigenvalue weighted by Crippen LogP contribution is -2.53. The number of nitrogens with two attached hydrogens (primary N) is 2. The summed E-state index contributed by atoms with van der Waals surface area (Å²) in [4.78, 5) is 13.8. The first kappa shape index (κ1) is 14.8. The Morgan fingerprint density at radius 2 is 1.37 bits per heavy atom. The molecule has 0 bridgehead atoms. The molecule has 110 valence electrons. The molecule has 1 amide bonds. The third-order valence-corrected chi connectivity index (χ3v) is 4.86. The van der Waals surface area contributed by atoms with Crippen LogP contribution in [0.25, 0.3) is 0 Å². The van der Waals surface area contributed by atoms with Crippen molar-refractivity contribution in [3.63, 3.8) is 0 Å². The molecule has 2 saturated carbocycles. The molecule has 0 aromatic carbocycles. The Kier molecular flexibility index (Phi) is 5.64. The minimum absolute atomic E-state index is 0.364. The van der Waals surface area contributed by atoms with Crippen LogP contribution >= 0.6 is 0 Å². The lowest BCUT2D eigenvalue weighted by atomic mass is 9.88. The lowest BCUT2D eigenvalue weighted by molar-refractivity contribution is -0.120. The molecular weight excluding hydrogens is 238 g/mol. The standard InChI is InChI=1S/C15H29N3O/c16-14(15(17)19)11-18(12-7-3-1-4-8-12)13-9-5-2-6-10-13/h12-14H,1-11,16H2,(H2,17,19). The summed E-state index contributed by atoms with van der Waals surface area (Å²) in [5.74, 6) is -0.364. The Balaban J connectivity index is 2.00. The summed E-state index contributed by atoms with van der Waals surface area (Å²) in [5.41, 5.74) is 11.3. The van der Waals surface area contributed by atoms with Gasteiger partial charge in [0.1, 0.15) is 0 Å². The highest BCUT2D eigenvalue weighted by Crippen LogP contribution is 2.30. The number of carbonyl (C=O) groups is 1. The van der Waals surface area contributed by atoms with E-state index in [1.165, 1.54) is 64.2 Å². The average molecular weight is 267 g/mol. The molecule has 4 nitrogen and oxygen atoms in total. The second-order valence-corrected chi connectivity index (χ2v) is 6.29. The summed E-state index contributed by atoms with van der Waals surface area (Å²) < 4.78 is 0. The fourth-order valence-corrected chi connectivity index (χ4v) is 3.74. The number of rotatable bonds is 5. The van der Waals surface area contributed by atoms with Gasteiger partial charge >= 0.3 is 0 Å². The van der Waals surface area contributed by atoms with Crippen molar-refractivity contribution in [2.45, 2.75) is 82.3 Å². The van der Waals surface area contributed by atoms with Crippen LogP contribution in [0.1, 0.15) is 64.2 Å². The zero-order valence-corrected chi connectivity index (χ0v) is 12.0. The van der Waals surface area contributed by atoms with Crippen LogP contribution in [0.15, 0.2) is 0 Å². The quantitative estimate of drug-likeness (QED) is 0.797. The van der Waals surface area contributed by atoms with Gasteiger partial charge in [0, 0.05) is 18.6 Å². The van der Waals surface area contributed by atoms with E-state index >= 15 is 0 Å². The number of amides is 1. The van der Waals surface area contributed by atoms with Gasteiger partial charge in [0.2, 0.25) is 5.91 Å². The molecule has 1 atom stereocenters. The van der Waals surface area contributed by atoms with E-state index in [4.69, 9.17) is 11.5 Å². The van der Waals surface area contributed by atoms with Gasteiger partial charge in [-0.2, -0.15) is 0 Å². The highest BCUT2D eigenvalue weighted by molar-refractivity contribution is 5.79. The van der Waals surface area contributed by atoms with Crippen LogP contribution in [0.2, 0.25) is 0 Å². The summed E-state index contributed by atoms with van der Waals surface area (Å²) in [6, 6.07) is 0.744. The van der Waals surface area contributed by atoms with E-state index in [2.05, 4.69) is 4.90 Å². The summed E-state index contributed by atoms with van der Waals surface area (Å²) in [6.07, 6.45) is 13.1. The second kappa shape index (κ2) is 7.25. The molecule has 0 aromatic heterocycles. The summed E-state index contributed by atoms with van der Waals surface area (Å²) in [6.45, 7) is 0.657. The van der Waals surface area contributed by atoms with Crippen molar-refractivity contribution in [3.8, 4) is 0 Å². The van der Waals surface area contributed by atoms with E-state index in [-0.39, 0.29) is 5.91 Å². The molecule has 4 N–H and O–H groups in total. The molecule has 2 fully saturated rings. The van der Waals surface area contributed by atoms with E-state index in [0.29, 0.717) is 18.6 Å². The molecule has 0 spiro atoms. The monoisotopic (exact) mass is 267 g/mol. The van der Waals surface area contributed by atoms with Gasteiger partial charge in [0.25, 0.3) is 0 Å². The van der Waals surface area contributed by atoms with Gasteiger partial charge in [-0.1, -0.05) is 38.5 Å².